The molecule has 2 heterocycles. The third-order valence-corrected chi connectivity index (χ3v) is 3.65. The fraction of sp³-hybridized carbons (Fsp3) is 0.200. The maximum Gasteiger partial charge on any atom is 0.309 e. The van der Waals surface area contributed by atoms with Crippen LogP contribution in [-0.2, 0) is 17.9 Å². The number of hydrogen-bond donors (Lipinski definition) is 1. The van der Waals surface area contributed by atoms with Crippen molar-refractivity contribution in [2.24, 2.45) is 0 Å². The van der Waals surface area contributed by atoms with E-state index in [4.69, 9.17) is 0 Å². The van der Waals surface area contributed by atoms with Crippen molar-refractivity contribution in [1.29, 1.82) is 0 Å². The Labute approximate surface area is 146 Å². The van der Waals surface area contributed by atoms with E-state index < -0.39 is 10.8 Å². The number of hydrogen-bond acceptors (Lipinski definition) is 6. The average Bonchev–Trinajstić information content (AvgIpc) is 3.17. The van der Waals surface area contributed by atoms with Crippen LogP contribution in [0.3, 0.4) is 0 Å². The molecule has 1 N–H and O–H groups in total. The van der Waals surface area contributed by atoms with Crippen molar-refractivity contribution in [2.45, 2.75) is 20.0 Å². The van der Waals surface area contributed by atoms with Gasteiger partial charge in [0.25, 0.3) is 0 Å². The van der Waals surface area contributed by atoms with Crippen LogP contribution in [0.5, 0.6) is 0 Å². The zero-order valence-electron chi connectivity index (χ0n) is 13.7. The van der Waals surface area contributed by atoms with E-state index in [0.29, 0.717) is 5.56 Å². The van der Waals surface area contributed by atoms with Crippen LogP contribution in [0.4, 0.5) is 16.0 Å². The maximum absolute atomic E-state index is 13.6. The monoisotopic (exact) mass is 359 g/mol. The van der Waals surface area contributed by atoms with Gasteiger partial charge in [0.05, 0.1) is 11.5 Å². The standard InChI is InChI=1S/C15H14FN7O3/c1-10-13(23(25)26)6-18-22(10)8-14(24)19-15-17-9-21(20-15)7-11-4-2-3-5-12(11)16/h2-6,9H,7-8H2,1H3,(H,19,20,24). The molecule has 11 heteroatoms. The third-order valence-electron chi connectivity index (χ3n) is 3.65. The lowest BCUT2D eigenvalue weighted by Crippen LogP contribution is -2.21. The van der Waals surface area contributed by atoms with Crippen molar-refractivity contribution in [2.75, 3.05) is 5.32 Å². The number of halogens is 1. The number of aromatic nitrogens is 5. The molecule has 2 aromatic heterocycles. The van der Waals surface area contributed by atoms with E-state index in [0.717, 1.165) is 6.20 Å². The summed E-state index contributed by atoms with van der Waals surface area (Å²) in [7, 11) is 0. The van der Waals surface area contributed by atoms with Gasteiger partial charge < -0.3 is 0 Å². The number of carbonyl (C=O) groups is 1. The highest BCUT2D eigenvalue weighted by molar-refractivity contribution is 5.88. The number of anilines is 1. The van der Waals surface area contributed by atoms with Crippen LogP contribution in [0.2, 0.25) is 0 Å². The van der Waals surface area contributed by atoms with Gasteiger partial charge in [-0.15, -0.1) is 5.10 Å². The lowest BCUT2D eigenvalue weighted by molar-refractivity contribution is -0.385. The maximum atomic E-state index is 13.6. The van der Waals surface area contributed by atoms with Crippen LogP contribution in [0.25, 0.3) is 0 Å². The summed E-state index contributed by atoms with van der Waals surface area (Å²) in [5.41, 5.74) is 0.544. The van der Waals surface area contributed by atoms with E-state index in [1.807, 2.05) is 0 Å². The van der Waals surface area contributed by atoms with Gasteiger partial charge in [-0.25, -0.2) is 14.1 Å². The van der Waals surface area contributed by atoms with E-state index in [-0.39, 0.29) is 36.2 Å². The predicted octanol–water partition coefficient (Wildman–Crippen LogP) is 1.52. The summed E-state index contributed by atoms with van der Waals surface area (Å²) in [5.74, 6) is -0.801. The second kappa shape index (κ2) is 7.09. The quantitative estimate of drug-likeness (QED) is 0.526. The summed E-state index contributed by atoms with van der Waals surface area (Å²) in [4.78, 5) is 26.2. The fourth-order valence-corrected chi connectivity index (χ4v) is 2.30. The first kappa shape index (κ1) is 17.2. The Balaban J connectivity index is 1.63. The van der Waals surface area contributed by atoms with Crippen molar-refractivity contribution in [3.05, 3.63) is 64.0 Å². The molecule has 134 valence electrons. The molecule has 0 aliphatic rings. The highest BCUT2D eigenvalue weighted by Crippen LogP contribution is 2.16. The van der Waals surface area contributed by atoms with E-state index in [9.17, 15) is 19.3 Å². The van der Waals surface area contributed by atoms with E-state index >= 15 is 0 Å². The number of amides is 1. The van der Waals surface area contributed by atoms with Crippen molar-refractivity contribution >= 4 is 17.5 Å². The Morgan fingerprint density at radius 2 is 2.15 bits per heavy atom. The summed E-state index contributed by atoms with van der Waals surface area (Å²) < 4.78 is 16.2. The van der Waals surface area contributed by atoms with Crippen LogP contribution in [0.15, 0.2) is 36.8 Å². The molecule has 0 saturated carbocycles. The van der Waals surface area contributed by atoms with Gasteiger partial charge in [0, 0.05) is 5.56 Å². The van der Waals surface area contributed by atoms with E-state index in [1.165, 1.54) is 28.7 Å². The second-order valence-corrected chi connectivity index (χ2v) is 5.44. The molecule has 0 spiro atoms. The minimum Gasteiger partial charge on any atom is -0.292 e. The van der Waals surface area contributed by atoms with Gasteiger partial charge in [-0.1, -0.05) is 18.2 Å². The van der Waals surface area contributed by atoms with Crippen LogP contribution < -0.4 is 5.32 Å². The smallest absolute Gasteiger partial charge is 0.292 e. The van der Waals surface area contributed by atoms with Gasteiger partial charge in [-0.2, -0.15) is 5.10 Å². The number of carbonyl (C=O) groups excluding carboxylic acids is 1. The molecular formula is C15H14FN7O3. The van der Waals surface area contributed by atoms with Crippen molar-refractivity contribution < 1.29 is 14.1 Å². The molecule has 26 heavy (non-hydrogen) atoms. The molecule has 0 aliphatic carbocycles. The largest absolute Gasteiger partial charge is 0.309 e. The number of nitro groups is 1. The van der Waals surface area contributed by atoms with Gasteiger partial charge in [0.2, 0.25) is 11.9 Å². The molecule has 0 saturated heterocycles. The van der Waals surface area contributed by atoms with Crippen LogP contribution in [0, 0.1) is 22.9 Å². The molecule has 0 atom stereocenters. The minimum absolute atomic E-state index is 0.0469. The predicted molar refractivity (Wildman–Crippen MR) is 87.8 cm³/mol. The molecule has 0 aliphatic heterocycles. The van der Waals surface area contributed by atoms with Crippen molar-refractivity contribution in [3.63, 3.8) is 0 Å². The Kier molecular flexibility index (Phi) is 4.69. The normalized spacial score (nSPS) is 10.7. The van der Waals surface area contributed by atoms with Crippen LogP contribution in [0.1, 0.15) is 11.3 Å². The number of rotatable bonds is 6. The number of nitrogens with zero attached hydrogens (tertiary/aromatic N) is 6. The summed E-state index contributed by atoms with van der Waals surface area (Å²) in [5, 5.41) is 21.1. The van der Waals surface area contributed by atoms with Crippen LogP contribution >= 0.6 is 0 Å². The highest BCUT2D eigenvalue weighted by atomic mass is 19.1. The molecule has 0 unspecified atom stereocenters. The Morgan fingerprint density at radius 3 is 2.85 bits per heavy atom. The summed E-state index contributed by atoms with van der Waals surface area (Å²) >= 11 is 0. The van der Waals surface area contributed by atoms with Gasteiger partial charge >= 0.3 is 5.69 Å². The lowest BCUT2D eigenvalue weighted by atomic mass is 10.2. The van der Waals surface area contributed by atoms with Crippen LogP contribution in [-0.4, -0.2) is 35.4 Å². The Bertz CT molecular complexity index is 966. The molecule has 3 aromatic rings. The van der Waals surface area contributed by atoms with Gasteiger partial charge in [-0.05, 0) is 13.0 Å². The van der Waals surface area contributed by atoms with E-state index in [1.54, 1.807) is 18.2 Å². The first-order valence-electron chi connectivity index (χ1n) is 7.53. The summed E-state index contributed by atoms with van der Waals surface area (Å²) in [6.07, 6.45) is 2.45. The lowest BCUT2D eigenvalue weighted by Gasteiger charge is -2.04. The fourth-order valence-electron chi connectivity index (χ4n) is 2.30. The molecule has 3 rings (SSSR count). The molecule has 0 fully saturated rings. The van der Waals surface area contributed by atoms with Crippen molar-refractivity contribution in [1.82, 2.24) is 24.5 Å². The average molecular weight is 359 g/mol. The zero-order valence-corrected chi connectivity index (χ0v) is 13.7. The van der Waals surface area contributed by atoms with Crippen molar-refractivity contribution in [3.8, 4) is 0 Å². The van der Waals surface area contributed by atoms with Gasteiger partial charge in [0.1, 0.15) is 30.6 Å². The Morgan fingerprint density at radius 1 is 1.38 bits per heavy atom. The van der Waals surface area contributed by atoms with E-state index in [2.05, 4.69) is 20.5 Å². The topological polar surface area (TPSA) is 121 Å². The number of nitrogens with one attached hydrogen (secondary N) is 1. The third kappa shape index (κ3) is 3.71. The highest BCUT2D eigenvalue weighted by Gasteiger charge is 2.18. The first-order chi connectivity index (χ1) is 12.4. The van der Waals surface area contributed by atoms with Gasteiger partial charge in [0.15, 0.2) is 0 Å². The molecule has 0 bridgehead atoms. The zero-order chi connectivity index (χ0) is 18.7. The minimum atomic E-state index is -0.567. The summed E-state index contributed by atoms with van der Waals surface area (Å²) in [6.45, 7) is 1.45. The molecule has 0 radical (unpaired) electrons. The molecular weight excluding hydrogens is 345 g/mol. The molecule has 10 nitrogen and oxygen atoms in total. The SMILES string of the molecule is Cc1c([N+](=O)[O-])cnn1CC(=O)Nc1ncn(Cc2ccccc2F)n1. The number of benzene rings is 1. The summed E-state index contributed by atoms with van der Waals surface area (Å²) in [6, 6.07) is 6.28. The second-order valence-electron chi connectivity index (χ2n) is 5.44. The molecule has 1 aromatic carbocycles. The van der Waals surface area contributed by atoms with Gasteiger partial charge in [-0.3, -0.25) is 24.9 Å². The first-order valence-corrected chi connectivity index (χ1v) is 7.53. The molecule has 1 amide bonds. The Hall–Kier alpha value is -3.63.